The van der Waals surface area contributed by atoms with E-state index in [1.165, 1.54) is 12.1 Å². The van der Waals surface area contributed by atoms with Crippen LogP contribution in [0.15, 0.2) is 28.8 Å². The van der Waals surface area contributed by atoms with Crippen LogP contribution in [-0.4, -0.2) is 26.5 Å². The number of rotatable bonds is 5. The minimum absolute atomic E-state index is 0.0120. The molecule has 2 aromatic heterocycles. The van der Waals surface area contributed by atoms with E-state index >= 15 is 0 Å². The molecular formula is C23H24F6N5O+. The number of nitrogens with one attached hydrogen (secondary N) is 1. The number of H-pyrrole nitrogens is 1. The number of hydrogen-bond donors (Lipinski definition) is 1. The second-order valence-corrected chi connectivity index (χ2v) is 9.69. The molecular weight excluding hydrogens is 476 g/mol. The second-order valence-electron chi connectivity index (χ2n) is 9.69. The summed E-state index contributed by atoms with van der Waals surface area (Å²) in [6.45, 7) is 0. The molecule has 3 aliphatic rings. The van der Waals surface area contributed by atoms with Crippen LogP contribution in [0.4, 0.5) is 26.3 Å². The Morgan fingerprint density at radius 1 is 0.971 bits per heavy atom. The van der Waals surface area contributed by atoms with Crippen LogP contribution in [0.2, 0.25) is 0 Å². The van der Waals surface area contributed by atoms with Gasteiger partial charge in [-0.3, -0.25) is 0 Å². The second kappa shape index (κ2) is 8.06. The molecule has 35 heavy (non-hydrogen) atoms. The first-order chi connectivity index (χ1) is 16.4. The molecule has 0 spiro atoms. The lowest BCUT2D eigenvalue weighted by molar-refractivity contribution is -0.673. The molecule has 12 heteroatoms. The van der Waals surface area contributed by atoms with Crippen molar-refractivity contribution in [2.75, 3.05) is 0 Å². The number of aromatic nitrogens is 5. The minimum atomic E-state index is -4.50. The summed E-state index contributed by atoms with van der Waals surface area (Å²) in [5.74, 6) is 1.44. The summed E-state index contributed by atoms with van der Waals surface area (Å²) in [6.07, 6.45) is -5.83. The highest BCUT2D eigenvalue weighted by atomic mass is 19.4. The Hall–Kier alpha value is -2.92. The number of fused-ring (bicyclic) bond motifs is 3. The number of aromatic amines is 1. The smallest absolute Gasteiger partial charge is 0.339 e. The minimum Gasteiger partial charge on any atom is -0.339 e. The van der Waals surface area contributed by atoms with Gasteiger partial charge in [-0.15, -0.1) is 5.10 Å². The van der Waals surface area contributed by atoms with Crippen LogP contribution >= 0.6 is 0 Å². The molecule has 1 aromatic carbocycles. The number of nitrogens with zero attached hydrogens (tertiary/aromatic N) is 4. The zero-order valence-corrected chi connectivity index (χ0v) is 18.9. The maximum atomic E-state index is 13.6. The van der Waals surface area contributed by atoms with Crippen LogP contribution in [-0.2, 0) is 30.5 Å². The zero-order valence-electron chi connectivity index (χ0n) is 18.9. The molecule has 0 radical (unpaired) electrons. The Bertz CT molecular complexity index is 1200. The van der Waals surface area contributed by atoms with Gasteiger partial charge in [0.2, 0.25) is 11.7 Å². The van der Waals surface area contributed by atoms with Crippen molar-refractivity contribution in [1.29, 1.82) is 0 Å². The molecule has 3 aliphatic carbocycles. The highest BCUT2D eigenvalue weighted by Crippen LogP contribution is 2.57. The number of halogens is 6. The summed E-state index contributed by atoms with van der Waals surface area (Å²) in [4.78, 5) is 4.28. The van der Waals surface area contributed by atoms with Crippen molar-refractivity contribution in [2.45, 2.75) is 74.5 Å². The van der Waals surface area contributed by atoms with E-state index in [9.17, 15) is 26.3 Å². The van der Waals surface area contributed by atoms with Gasteiger partial charge in [0.05, 0.1) is 30.0 Å². The maximum Gasteiger partial charge on any atom is 0.417 e. The summed E-state index contributed by atoms with van der Waals surface area (Å²) in [5, 5.41) is 11.3. The van der Waals surface area contributed by atoms with Gasteiger partial charge < -0.3 is 4.52 Å². The van der Waals surface area contributed by atoms with Gasteiger partial charge in [0.1, 0.15) is 0 Å². The van der Waals surface area contributed by atoms with E-state index in [1.54, 1.807) is 17.7 Å². The molecule has 0 aliphatic heterocycles. The van der Waals surface area contributed by atoms with Crippen molar-refractivity contribution in [3.63, 3.8) is 0 Å². The van der Waals surface area contributed by atoms with Gasteiger partial charge in [0.25, 0.3) is 0 Å². The molecule has 0 unspecified atom stereocenters. The largest absolute Gasteiger partial charge is 0.417 e. The Balaban J connectivity index is 1.37. The molecule has 0 atom stereocenters. The monoisotopic (exact) mass is 500 g/mol. The van der Waals surface area contributed by atoms with Gasteiger partial charge in [-0.2, -0.15) is 31.3 Å². The van der Waals surface area contributed by atoms with Crippen molar-refractivity contribution in [2.24, 2.45) is 7.05 Å². The Kier molecular flexibility index (Phi) is 5.48. The average molecular weight is 500 g/mol. The standard InChI is InChI=1S/C23H23F6N5O/c1-34-17(14-4-2-3-5-15(14)23(27,28)29)31-32-19(34)21-11-8-20(9-12-21,10-13-21)18-30-16(35-33-18)6-7-22(24,25)26/h2-5H,6-13H2,1H3/p+1. The van der Waals surface area contributed by atoms with E-state index in [-0.39, 0.29) is 34.5 Å². The van der Waals surface area contributed by atoms with Crippen LogP contribution in [0, 0.1) is 0 Å². The summed E-state index contributed by atoms with van der Waals surface area (Å²) >= 11 is 0. The van der Waals surface area contributed by atoms with E-state index in [0.717, 1.165) is 31.2 Å². The molecule has 1 N–H and O–H groups in total. The number of benzene rings is 1. The van der Waals surface area contributed by atoms with E-state index in [0.29, 0.717) is 25.1 Å². The van der Waals surface area contributed by atoms with Crippen LogP contribution in [0.25, 0.3) is 11.4 Å². The molecule has 6 nitrogen and oxygen atoms in total. The first-order valence-electron chi connectivity index (χ1n) is 11.4. The third kappa shape index (κ3) is 4.20. The van der Waals surface area contributed by atoms with Crippen LogP contribution in [0.5, 0.6) is 0 Å². The summed E-state index contributed by atoms with van der Waals surface area (Å²) in [6, 6.07) is 5.37. The van der Waals surface area contributed by atoms with Crippen molar-refractivity contribution < 1.29 is 35.4 Å². The zero-order chi connectivity index (χ0) is 25.1. The first kappa shape index (κ1) is 23.8. The van der Waals surface area contributed by atoms with E-state index in [4.69, 9.17) is 4.52 Å². The predicted molar refractivity (Wildman–Crippen MR) is 110 cm³/mol. The highest BCUT2D eigenvalue weighted by molar-refractivity contribution is 5.58. The van der Waals surface area contributed by atoms with Crippen LogP contribution < -0.4 is 4.57 Å². The third-order valence-corrected chi connectivity index (χ3v) is 7.71. The summed E-state index contributed by atoms with van der Waals surface area (Å²) in [7, 11) is 1.72. The van der Waals surface area contributed by atoms with Crippen molar-refractivity contribution in [3.05, 3.63) is 47.4 Å². The molecule has 0 amide bonds. The molecule has 3 fully saturated rings. The summed E-state index contributed by atoms with van der Waals surface area (Å²) in [5.41, 5.74) is -1.36. The Morgan fingerprint density at radius 3 is 2.23 bits per heavy atom. The first-order valence-corrected chi connectivity index (χ1v) is 11.4. The quantitative estimate of drug-likeness (QED) is 0.379. The average Bonchev–Trinajstić information content (AvgIpc) is 3.45. The van der Waals surface area contributed by atoms with Gasteiger partial charge >= 0.3 is 18.2 Å². The third-order valence-electron chi connectivity index (χ3n) is 7.71. The van der Waals surface area contributed by atoms with Gasteiger partial charge in [-0.1, -0.05) is 17.3 Å². The Labute approximate surface area is 196 Å². The van der Waals surface area contributed by atoms with E-state index in [1.807, 2.05) is 0 Å². The van der Waals surface area contributed by atoms with Gasteiger partial charge in [0, 0.05) is 16.9 Å². The number of aryl methyl sites for hydroxylation is 1. The fourth-order valence-corrected chi connectivity index (χ4v) is 5.70. The molecule has 2 heterocycles. The van der Waals surface area contributed by atoms with E-state index < -0.39 is 24.3 Å². The maximum absolute atomic E-state index is 13.6. The van der Waals surface area contributed by atoms with Crippen LogP contribution in [0.1, 0.15) is 68.0 Å². The van der Waals surface area contributed by atoms with Gasteiger partial charge in [-0.05, 0) is 50.7 Å². The normalized spacial score (nSPS) is 24.8. The fourth-order valence-electron chi connectivity index (χ4n) is 5.70. The SMILES string of the molecule is C[n+]1c(-c2ccccc2C(F)(F)F)n[nH]c1C12CCC(c3noc(CCC(F)(F)F)n3)(CC1)CC2. The lowest BCUT2D eigenvalue weighted by atomic mass is 9.53. The number of hydrogen-bond acceptors (Lipinski definition) is 4. The molecule has 0 saturated heterocycles. The van der Waals surface area contributed by atoms with Crippen molar-refractivity contribution in [3.8, 4) is 11.4 Å². The van der Waals surface area contributed by atoms with Crippen LogP contribution in [0.3, 0.4) is 0 Å². The Morgan fingerprint density at radius 2 is 1.60 bits per heavy atom. The molecule has 6 rings (SSSR count). The topological polar surface area (TPSA) is 71.5 Å². The van der Waals surface area contributed by atoms with Crippen molar-refractivity contribution in [1.82, 2.24) is 20.3 Å². The van der Waals surface area contributed by atoms with Crippen molar-refractivity contribution >= 4 is 0 Å². The molecule has 3 aromatic rings. The summed E-state index contributed by atoms with van der Waals surface area (Å²) < 4.78 is 85.1. The number of alkyl halides is 6. The molecule has 2 bridgehead atoms. The fraction of sp³-hybridized carbons (Fsp3) is 0.565. The van der Waals surface area contributed by atoms with Gasteiger partial charge in [-0.25, -0.2) is 4.57 Å². The highest BCUT2D eigenvalue weighted by Gasteiger charge is 2.56. The molecule has 188 valence electrons. The molecule has 3 saturated carbocycles. The lowest BCUT2D eigenvalue weighted by Gasteiger charge is -2.50. The predicted octanol–water partition coefficient (Wildman–Crippen LogP) is 5.34. The van der Waals surface area contributed by atoms with Gasteiger partial charge in [0.15, 0.2) is 5.82 Å². The van der Waals surface area contributed by atoms with E-state index in [2.05, 4.69) is 20.3 Å². The lowest BCUT2D eigenvalue weighted by Crippen LogP contribution is -2.52.